The highest BCUT2D eigenvalue weighted by atomic mass is 16.5. The van der Waals surface area contributed by atoms with Gasteiger partial charge in [0.25, 0.3) is 5.56 Å². The number of nitrogens with zero attached hydrogens (tertiary/aromatic N) is 3. The van der Waals surface area contributed by atoms with E-state index in [-0.39, 0.29) is 17.5 Å². The van der Waals surface area contributed by atoms with E-state index >= 15 is 0 Å². The van der Waals surface area contributed by atoms with Crippen LogP contribution in [0.25, 0.3) is 16.5 Å². The van der Waals surface area contributed by atoms with Crippen LogP contribution in [0.1, 0.15) is 17.4 Å². The highest BCUT2D eigenvalue weighted by molar-refractivity contribution is 6.01. The van der Waals surface area contributed by atoms with Crippen LogP contribution in [0.4, 0.5) is 0 Å². The minimum Gasteiger partial charge on any atom is -0.494 e. The normalized spacial score (nSPS) is 15.9. The Balaban J connectivity index is 1.55. The zero-order valence-corrected chi connectivity index (χ0v) is 18.1. The van der Waals surface area contributed by atoms with Gasteiger partial charge in [-0.2, -0.15) is 0 Å². The van der Waals surface area contributed by atoms with Gasteiger partial charge in [-0.1, -0.05) is 36.4 Å². The maximum absolute atomic E-state index is 13.2. The van der Waals surface area contributed by atoms with Crippen molar-refractivity contribution in [2.75, 3.05) is 32.8 Å². The second kappa shape index (κ2) is 9.44. The van der Waals surface area contributed by atoms with Crippen molar-refractivity contribution in [3.63, 3.8) is 0 Å². The van der Waals surface area contributed by atoms with Gasteiger partial charge in [0, 0.05) is 30.1 Å². The number of aromatic hydroxyl groups is 1. The maximum atomic E-state index is 13.2. The SMILES string of the molecule is O=c1c2ccccc2c(C=NC[C@@H](c2ccco2)N2CCOCC2)c(O)n1-c1ccccc1. The summed E-state index contributed by atoms with van der Waals surface area (Å²) in [6.45, 7) is 3.40. The van der Waals surface area contributed by atoms with E-state index in [1.807, 2.05) is 48.5 Å². The number of morpholine rings is 1. The van der Waals surface area contributed by atoms with E-state index in [2.05, 4.69) is 4.90 Å². The summed E-state index contributed by atoms with van der Waals surface area (Å²) in [6.07, 6.45) is 3.33. The summed E-state index contributed by atoms with van der Waals surface area (Å²) in [5, 5.41) is 12.3. The van der Waals surface area contributed by atoms with Gasteiger partial charge in [-0.3, -0.25) is 14.7 Å². The molecule has 0 radical (unpaired) electrons. The van der Waals surface area contributed by atoms with Gasteiger partial charge in [0.1, 0.15) is 5.76 Å². The summed E-state index contributed by atoms with van der Waals surface area (Å²) in [6, 6.07) is 20.2. The molecule has 2 aromatic heterocycles. The molecule has 168 valence electrons. The number of rotatable bonds is 6. The lowest BCUT2D eigenvalue weighted by atomic mass is 10.1. The van der Waals surface area contributed by atoms with Crippen LogP contribution in [-0.2, 0) is 4.74 Å². The Labute approximate surface area is 191 Å². The first-order valence-electron chi connectivity index (χ1n) is 11.0. The molecule has 0 saturated carbocycles. The fourth-order valence-electron chi connectivity index (χ4n) is 4.31. The summed E-state index contributed by atoms with van der Waals surface area (Å²) in [4.78, 5) is 20.2. The van der Waals surface area contributed by atoms with Crippen molar-refractivity contribution >= 4 is 17.0 Å². The standard InChI is InChI=1S/C26H25N3O4/c30-25-21-10-5-4-9-20(21)22(26(31)29(25)19-7-2-1-3-8-19)17-27-18-23(24-11-6-14-33-24)28-12-15-32-16-13-28/h1-11,14,17,23,31H,12-13,15-16,18H2/t23-/m0/s1. The number of fused-ring (bicyclic) bond motifs is 1. The summed E-state index contributed by atoms with van der Waals surface area (Å²) < 4.78 is 12.5. The Kier molecular flexibility index (Phi) is 6.06. The average molecular weight is 444 g/mol. The molecule has 1 N–H and O–H groups in total. The van der Waals surface area contributed by atoms with Crippen LogP contribution in [0.15, 0.2) is 87.2 Å². The fourth-order valence-corrected chi connectivity index (χ4v) is 4.31. The number of aliphatic imine (C=N–C) groups is 1. The highest BCUT2D eigenvalue weighted by Crippen LogP contribution is 2.27. The van der Waals surface area contributed by atoms with E-state index in [4.69, 9.17) is 14.1 Å². The number of para-hydroxylation sites is 1. The molecule has 1 aliphatic rings. The van der Waals surface area contributed by atoms with Gasteiger partial charge >= 0.3 is 0 Å². The van der Waals surface area contributed by atoms with Crippen molar-refractivity contribution in [2.24, 2.45) is 4.99 Å². The van der Waals surface area contributed by atoms with E-state index in [9.17, 15) is 9.90 Å². The molecular weight excluding hydrogens is 418 g/mol. The zero-order valence-electron chi connectivity index (χ0n) is 18.1. The zero-order chi connectivity index (χ0) is 22.6. The molecule has 1 saturated heterocycles. The molecule has 33 heavy (non-hydrogen) atoms. The number of pyridine rings is 1. The van der Waals surface area contributed by atoms with Crippen LogP contribution >= 0.6 is 0 Å². The van der Waals surface area contributed by atoms with Crippen molar-refractivity contribution in [3.05, 3.63) is 94.7 Å². The Hall–Kier alpha value is -3.68. The second-order valence-corrected chi connectivity index (χ2v) is 7.93. The number of hydrogen-bond acceptors (Lipinski definition) is 6. The quantitative estimate of drug-likeness (QED) is 0.459. The number of furan rings is 1. The van der Waals surface area contributed by atoms with Gasteiger partial charge in [0.15, 0.2) is 0 Å². The Morgan fingerprint density at radius 3 is 2.42 bits per heavy atom. The predicted molar refractivity (Wildman–Crippen MR) is 128 cm³/mol. The molecule has 0 spiro atoms. The number of benzene rings is 2. The summed E-state index contributed by atoms with van der Waals surface area (Å²) in [5.41, 5.74) is 0.838. The van der Waals surface area contributed by atoms with E-state index in [0.29, 0.717) is 41.8 Å². The molecule has 1 atom stereocenters. The number of aromatic nitrogens is 1. The van der Waals surface area contributed by atoms with Crippen molar-refractivity contribution in [2.45, 2.75) is 6.04 Å². The summed E-state index contributed by atoms with van der Waals surface area (Å²) in [7, 11) is 0. The number of hydrogen-bond donors (Lipinski definition) is 1. The molecule has 3 heterocycles. The summed E-state index contributed by atoms with van der Waals surface area (Å²) in [5.74, 6) is 0.715. The van der Waals surface area contributed by atoms with E-state index in [1.54, 1.807) is 30.7 Å². The third kappa shape index (κ3) is 4.20. The van der Waals surface area contributed by atoms with Gasteiger partial charge in [-0.25, -0.2) is 4.57 Å². The van der Waals surface area contributed by atoms with Gasteiger partial charge in [-0.15, -0.1) is 0 Å². The molecule has 7 heteroatoms. The van der Waals surface area contributed by atoms with E-state index in [1.165, 1.54) is 4.57 Å². The third-order valence-electron chi connectivity index (χ3n) is 5.97. The van der Waals surface area contributed by atoms with E-state index in [0.717, 1.165) is 18.8 Å². The second-order valence-electron chi connectivity index (χ2n) is 7.93. The Morgan fingerprint density at radius 1 is 0.970 bits per heavy atom. The molecule has 0 amide bonds. The third-order valence-corrected chi connectivity index (χ3v) is 5.97. The minimum atomic E-state index is -0.270. The van der Waals surface area contributed by atoms with E-state index < -0.39 is 0 Å². The summed E-state index contributed by atoms with van der Waals surface area (Å²) >= 11 is 0. The van der Waals surface area contributed by atoms with Crippen LogP contribution in [0.2, 0.25) is 0 Å². The van der Waals surface area contributed by atoms with Crippen LogP contribution < -0.4 is 5.56 Å². The Bertz CT molecular complexity index is 1310. The van der Waals surface area contributed by atoms with Gasteiger partial charge in [0.05, 0.1) is 43.3 Å². The molecular formula is C26H25N3O4. The molecule has 0 bridgehead atoms. The molecule has 7 nitrogen and oxygen atoms in total. The predicted octanol–water partition coefficient (Wildman–Crippen LogP) is 3.78. The lowest BCUT2D eigenvalue weighted by molar-refractivity contribution is 0.0137. The molecule has 1 aliphatic heterocycles. The molecule has 0 aliphatic carbocycles. The lowest BCUT2D eigenvalue weighted by Gasteiger charge is -2.32. The van der Waals surface area contributed by atoms with Crippen molar-refractivity contribution in [3.8, 4) is 11.6 Å². The van der Waals surface area contributed by atoms with Crippen LogP contribution in [0.3, 0.4) is 0 Å². The first kappa shape index (κ1) is 21.2. The molecule has 4 aromatic rings. The number of ether oxygens (including phenoxy) is 1. The first-order valence-corrected chi connectivity index (χ1v) is 11.0. The monoisotopic (exact) mass is 443 g/mol. The van der Waals surface area contributed by atoms with Crippen LogP contribution in [0.5, 0.6) is 5.88 Å². The van der Waals surface area contributed by atoms with Crippen LogP contribution in [-0.4, -0.2) is 53.6 Å². The lowest BCUT2D eigenvalue weighted by Crippen LogP contribution is -2.40. The van der Waals surface area contributed by atoms with Crippen molar-refractivity contribution < 1.29 is 14.3 Å². The highest BCUT2D eigenvalue weighted by Gasteiger charge is 2.24. The molecule has 0 unspecified atom stereocenters. The van der Waals surface area contributed by atoms with Crippen molar-refractivity contribution in [1.82, 2.24) is 9.47 Å². The van der Waals surface area contributed by atoms with Gasteiger partial charge in [-0.05, 0) is 30.3 Å². The fraction of sp³-hybridized carbons (Fsp3) is 0.231. The largest absolute Gasteiger partial charge is 0.494 e. The minimum absolute atomic E-state index is 0.0337. The van der Waals surface area contributed by atoms with Gasteiger partial charge < -0.3 is 14.3 Å². The Morgan fingerprint density at radius 2 is 1.70 bits per heavy atom. The topological polar surface area (TPSA) is 80.2 Å². The van der Waals surface area contributed by atoms with Gasteiger partial charge in [0.2, 0.25) is 5.88 Å². The smallest absolute Gasteiger partial charge is 0.265 e. The first-order chi connectivity index (χ1) is 16.2. The molecule has 5 rings (SSSR count). The van der Waals surface area contributed by atoms with Crippen molar-refractivity contribution in [1.29, 1.82) is 0 Å². The average Bonchev–Trinajstić information content (AvgIpc) is 3.39. The molecule has 2 aromatic carbocycles. The molecule has 1 fully saturated rings. The van der Waals surface area contributed by atoms with Crippen LogP contribution in [0, 0.1) is 0 Å². The maximum Gasteiger partial charge on any atom is 0.265 e.